The van der Waals surface area contributed by atoms with Crippen molar-refractivity contribution in [2.75, 3.05) is 13.1 Å². The molecule has 0 saturated carbocycles. The zero-order valence-electron chi connectivity index (χ0n) is 36.8. The van der Waals surface area contributed by atoms with Crippen LogP contribution in [0.4, 0.5) is 0 Å². The van der Waals surface area contributed by atoms with Gasteiger partial charge in [0.2, 0.25) is 0 Å². The second-order valence-corrected chi connectivity index (χ2v) is 13.8. The topological polar surface area (TPSA) is 78.9 Å². The standard InChI is InChI=1S/C42H80O6/c1-4-7-10-13-16-19-22-25-28-31-34-40(43)46-37-39(48-42(45)36-33-30-27-24-21-18-15-12-9-6-3)38-47-41(44)35-32-29-26-23-20-17-14-11-8-5-2/h39H,4-38H2,1-3H3/i37D2,38D2,39D. The van der Waals surface area contributed by atoms with Crippen molar-refractivity contribution in [1.82, 2.24) is 0 Å². The van der Waals surface area contributed by atoms with Crippen LogP contribution in [0.25, 0.3) is 0 Å². The second kappa shape index (κ2) is 38.2. The molecule has 284 valence electrons. The van der Waals surface area contributed by atoms with Crippen LogP contribution in [0.2, 0.25) is 0 Å². The van der Waals surface area contributed by atoms with Gasteiger partial charge in [-0.05, 0) is 19.3 Å². The van der Waals surface area contributed by atoms with Gasteiger partial charge in [0.25, 0.3) is 0 Å². The predicted octanol–water partition coefficient (Wildman–Crippen LogP) is 12.9. The molecule has 0 aliphatic heterocycles. The molecule has 0 heterocycles. The van der Waals surface area contributed by atoms with Gasteiger partial charge < -0.3 is 14.2 Å². The van der Waals surface area contributed by atoms with Gasteiger partial charge in [-0.2, -0.15) is 0 Å². The summed E-state index contributed by atoms with van der Waals surface area (Å²) in [6, 6.07) is 0. The molecule has 0 aromatic heterocycles. The van der Waals surface area contributed by atoms with Gasteiger partial charge in [-0.15, -0.1) is 0 Å². The van der Waals surface area contributed by atoms with Gasteiger partial charge in [-0.25, -0.2) is 0 Å². The lowest BCUT2D eigenvalue weighted by Crippen LogP contribution is -2.30. The molecule has 0 amide bonds. The third-order valence-corrected chi connectivity index (χ3v) is 8.93. The summed E-state index contributed by atoms with van der Waals surface area (Å²) in [7, 11) is 0. The van der Waals surface area contributed by atoms with Crippen LogP contribution in [0.5, 0.6) is 0 Å². The molecule has 0 N–H and O–H groups in total. The van der Waals surface area contributed by atoms with E-state index in [1.807, 2.05) is 0 Å². The maximum absolute atomic E-state index is 12.9. The second-order valence-electron chi connectivity index (χ2n) is 13.8. The Morgan fingerprint density at radius 1 is 0.396 bits per heavy atom. The van der Waals surface area contributed by atoms with E-state index in [1.54, 1.807) is 0 Å². The van der Waals surface area contributed by atoms with Gasteiger partial charge in [0.15, 0.2) is 6.08 Å². The molecular formula is C42H80O6. The van der Waals surface area contributed by atoms with E-state index in [0.717, 1.165) is 77.0 Å². The first-order valence-corrected chi connectivity index (χ1v) is 20.5. The predicted molar refractivity (Wildman–Crippen MR) is 201 cm³/mol. The maximum Gasteiger partial charge on any atom is 0.306 e. The summed E-state index contributed by atoms with van der Waals surface area (Å²) in [4.78, 5) is 38.4. The third-order valence-electron chi connectivity index (χ3n) is 8.93. The minimum absolute atomic E-state index is 0.125. The van der Waals surface area contributed by atoms with Crippen molar-refractivity contribution in [2.45, 2.75) is 239 Å². The fourth-order valence-electron chi connectivity index (χ4n) is 5.81. The molecule has 0 rings (SSSR count). The fourth-order valence-corrected chi connectivity index (χ4v) is 5.81. The first kappa shape index (κ1) is 37.7. The smallest absolute Gasteiger partial charge is 0.306 e. The first-order valence-electron chi connectivity index (χ1n) is 23.0. The lowest BCUT2D eigenvalue weighted by molar-refractivity contribution is -0.167. The van der Waals surface area contributed by atoms with Gasteiger partial charge in [0, 0.05) is 19.3 Å². The van der Waals surface area contributed by atoms with Crippen LogP contribution in [0.1, 0.15) is 240 Å². The van der Waals surface area contributed by atoms with E-state index in [9.17, 15) is 14.4 Å². The summed E-state index contributed by atoms with van der Waals surface area (Å²) in [5.41, 5.74) is 0. The largest absolute Gasteiger partial charge is 0.462 e. The quantitative estimate of drug-likeness (QED) is 0.0366. The Hall–Kier alpha value is -1.59. The highest BCUT2D eigenvalue weighted by Gasteiger charge is 2.19. The number of esters is 3. The van der Waals surface area contributed by atoms with E-state index < -0.39 is 37.1 Å². The highest BCUT2D eigenvalue weighted by atomic mass is 16.6. The number of rotatable bonds is 38. The Morgan fingerprint density at radius 3 is 0.896 bits per heavy atom. The summed E-state index contributed by atoms with van der Waals surface area (Å²) in [6.45, 7) is -0.290. The van der Waals surface area contributed by atoms with Gasteiger partial charge in [0.1, 0.15) is 13.1 Å². The van der Waals surface area contributed by atoms with E-state index in [0.29, 0.717) is 19.3 Å². The van der Waals surface area contributed by atoms with Crippen molar-refractivity contribution >= 4 is 17.9 Å². The summed E-state index contributed by atoms with van der Waals surface area (Å²) in [6.07, 6.45) is 27.5. The van der Waals surface area contributed by atoms with Crippen molar-refractivity contribution in [2.24, 2.45) is 0 Å². The Balaban J connectivity index is 5.15. The van der Waals surface area contributed by atoms with Crippen LogP contribution in [-0.4, -0.2) is 37.1 Å². The molecule has 6 nitrogen and oxygen atoms in total. The summed E-state index contributed by atoms with van der Waals surface area (Å²) in [5, 5.41) is 0. The average Bonchev–Trinajstić information content (AvgIpc) is 3.10. The molecule has 0 unspecified atom stereocenters. The van der Waals surface area contributed by atoms with Gasteiger partial charge in [-0.3, -0.25) is 14.4 Å². The average molecular weight is 686 g/mol. The van der Waals surface area contributed by atoms with Crippen molar-refractivity contribution in [3.05, 3.63) is 0 Å². The number of ether oxygens (including phenoxy) is 3. The SMILES string of the molecule is [2H]C([2H])(OC(=O)CCCCCCCCCCCC)C([2H])(OC(=O)CCCCCCCCCCCC)C([2H])([2H])OC(=O)CCCCCCCCCCCC. The molecule has 48 heavy (non-hydrogen) atoms. The molecule has 0 aliphatic carbocycles. The Kier molecular flexibility index (Phi) is 30.0. The minimum atomic E-state index is -3.48. The van der Waals surface area contributed by atoms with Crippen LogP contribution >= 0.6 is 0 Å². The lowest BCUT2D eigenvalue weighted by atomic mass is 10.1. The molecule has 0 atom stereocenters. The lowest BCUT2D eigenvalue weighted by Gasteiger charge is -2.18. The molecule has 0 spiro atoms. The Labute approximate surface area is 305 Å². The van der Waals surface area contributed by atoms with Crippen LogP contribution in [0.3, 0.4) is 0 Å². The van der Waals surface area contributed by atoms with Crippen LogP contribution in [-0.2, 0) is 28.6 Å². The van der Waals surface area contributed by atoms with Crippen molar-refractivity contribution in [3.8, 4) is 0 Å². The monoisotopic (exact) mass is 686 g/mol. The zero-order valence-corrected chi connectivity index (χ0v) is 31.8. The molecule has 6 heteroatoms. The first-order chi connectivity index (χ1) is 25.4. The molecule has 0 radical (unpaired) electrons. The van der Waals surface area contributed by atoms with Crippen molar-refractivity contribution in [3.63, 3.8) is 0 Å². The third kappa shape index (κ3) is 35.7. The number of unbranched alkanes of at least 4 members (excludes halogenated alkanes) is 27. The van der Waals surface area contributed by atoms with Crippen molar-refractivity contribution in [1.29, 1.82) is 0 Å². The molecule has 0 bridgehead atoms. The maximum atomic E-state index is 12.9. The van der Waals surface area contributed by atoms with E-state index in [1.165, 1.54) is 96.3 Å². The molecule has 0 aliphatic rings. The fraction of sp³-hybridized carbons (Fsp3) is 0.929. The van der Waals surface area contributed by atoms with Crippen molar-refractivity contribution < 1.29 is 35.4 Å². The van der Waals surface area contributed by atoms with Crippen LogP contribution < -0.4 is 0 Å². The highest BCUT2D eigenvalue weighted by Crippen LogP contribution is 2.15. The number of hydrogen-bond acceptors (Lipinski definition) is 6. The number of carbonyl (C=O) groups is 3. The van der Waals surface area contributed by atoms with E-state index in [-0.39, 0.29) is 19.3 Å². The normalized spacial score (nSPS) is 13.6. The summed E-state index contributed by atoms with van der Waals surface area (Å²) >= 11 is 0. The zero-order chi connectivity index (χ0) is 39.7. The molecule has 0 aromatic rings. The minimum Gasteiger partial charge on any atom is -0.462 e. The van der Waals surface area contributed by atoms with E-state index in [2.05, 4.69) is 20.8 Å². The molecule has 0 aromatic carbocycles. The van der Waals surface area contributed by atoms with Crippen LogP contribution in [0.15, 0.2) is 0 Å². The molecule has 0 saturated heterocycles. The van der Waals surface area contributed by atoms with E-state index in [4.69, 9.17) is 21.1 Å². The van der Waals surface area contributed by atoms with Crippen LogP contribution in [0, 0.1) is 0 Å². The summed E-state index contributed by atoms with van der Waals surface area (Å²) < 4.78 is 58.1. The van der Waals surface area contributed by atoms with Gasteiger partial charge >= 0.3 is 17.9 Å². The molecular weight excluding hydrogens is 600 g/mol. The Bertz CT molecular complexity index is 866. The Morgan fingerprint density at radius 2 is 0.625 bits per heavy atom. The highest BCUT2D eigenvalue weighted by molar-refractivity contribution is 5.71. The number of hydrogen-bond donors (Lipinski definition) is 0. The van der Waals surface area contributed by atoms with Gasteiger partial charge in [-0.1, -0.05) is 194 Å². The number of carbonyl (C=O) groups excluding carboxylic acids is 3. The summed E-state index contributed by atoms with van der Waals surface area (Å²) in [5.74, 6) is -2.95. The van der Waals surface area contributed by atoms with E-state index >= 15 is 0 Å². The van der Waals surface area contributed by atoms with Gasteiger partial charge in [0.05, 0.1) is 6.85 Å². The molecule has 0 fully saturated rings.